The molecule has 0 saturated heterocycles. The summed E-state index contributed by atoms with van der Waals surface area (Å²) < 4.78 is 5.60. The molecule has 154 valence electrons. The predicted molar refractivity (Wildman–Crippen MR) is 114 cm³/mol. The number of nitrogens with zero attached hydrogens (tertiary/aromatic N) is 2. The van der Waals surface area contributed by atoms with Crippen molar-refractivity contribution in [2.24, 2.45) is 22.1 Å². The molecule has 2 aliphatic carbocycles. The van der Waals surface area contributed by atoms with Crippen molar-refractivity contribution in [3.63, 3.8) is 0 Å². The van der Waals surface area contributed by atoms with Crippen LogP contribution in [0.1, 0.15) is 62.6 Å². The molecular weight excluding hydrogens is 362 g/mol. The maximum atomic E-state index is 13.6. The van der Waals surface area contributed by atoms with E-state index in [1.54, 1.807) is 14.2 Å². The highest BCUT2D eigenvalue weighted by Crippen LogP contribution is 2.61. The van der Waals surface area contributed by atoms with Crippen LogP contribution in [0, 0.1) is 23.2 Å². The molecule has 0 radical (unpaired) electrons. The Hall–Kier alpha value is -2.32. The number of hydrogen-bond acceptors (Lipinski definition) is 4. The van der Waals surface area contributed by atoms with E-state index in [-0.39, 0.29) is 17.4 Å². The summed E-state index contributed by atoms with van der Waals surface area (Å²) in [6.45, 7) is 4.33. The van der Waals surface area contributed by atoms with Gasteiger partial charge in [-0.25, -0.2) is 4.99 Å². The zero-order valence-corrected chi connectivity index (χ0v) is 17.9. The molecule has 0 bridgehead atoms. The first-order chi connectivity index (χ1) is 13.8. The monoisotopic (exact) mass is 393 g/mol. The van der Waals surface area contributed by atoms with Crippen molar-refractivity contribution in [2.45, 2.75) is 64.0 Å². The van der Waals surface area contributed by atoms with Crippen molar-refractivity contribution >= 4 is 11.9 Å². The molecule has 5 nitrogen and oxygen atoms in total. The highest BCUT2D eigenvalue weighted by molar-refractivity contribution is 6.08. The number of nitrogens with two attached hydrogens (primary N) is 1. The number of carbonyl (C=O) groups is 1. The Bertz CT molecular complexity index is 916. The lowest BCUT2D eigenvalue weighted by atomic mass is 9.61. The number of guanidine groups is 1. The molecule has 1 saturated carbocycles. The summed E-state index contributed by atoms with van der Waals surface area (Å²) in [5.74, 6) is 7.39. The predicted octanol–water partition coefficient (Wildman–Crippen LogP) is 3.20. The summed E-state index contributed by atoms with van der Waals surface area (Å²) in [6, 6.07) is 6.31. The van der Waals surface area contributed by atoms with Crippen LogP contribution in [0.5, 0.6) is 0 Å². The molecule has 5 heteroatoms. The number of aliphatic imine (C=N–C) groups is 1. The second-order valence-electron chi connectivity index (χ2n) is 9.21. The van der Waals surface area contributed by atoms with Crippen LogP contribution in [-0.2, 0) is 21.5 Å². The van der Waals surface area contributed by atoms with Gasteiger partial charge in [0.2, 0.25) is 0 Å². The first-order valence-electron chi connectivity index (χ1n) is 10.6. The van der Waals surface area contributed by atoms with Crippen LogP contribution < -0.4 is 5.73 Å². The van der Waals surface area contributed by atoms with Gasteiger partial charge in [-0.05, 0) is 61.3 Å². The van der Waals surface area contributed by atoms with Crippen LogP contribution in [0.25, 0.3) is 0 Å². The highest BCUT2D eigenvalue weighted by atomic mass is 16.5. The molecule has 2 spiro atoms. The smallest absolute Gasteiger partial charge is 0.262 e. The molecule has 3 aliphatic rings. The van der Waals surface area contributed by atoms with Crippen LogP contribution in [0.2, 0.25) is 0 Å². The van der Waals surface area contributed by atoms with Gasteiger partial charge in [-0.3, -0.25) is 9.69 Å². The minimum absolute atomic E-state index is 0.00286. The van der Waals surface area contributed by atoms with Crippen LogP contribution >= 0.6 is 0 Å². The molecular formula is C24H31N3O2. The van der Waals surface area contributed by atoms with Gasteiger partial charge in [0.05, 0.1) is 6.10 Å². The molecule has 0 aromatic heterocycles. The number of methoxy groups -OCH3 is 1. The third-order valence-corrected chi connectivity index (χ3v) is 7.00. The van der Waals surface area contributed by atoms with E-state index in [0.29, 0.717) is 11.9 Å². The van der Waals surface area contributed by atoms with Crippen LogP contribution in [0.4, 0.5) is 0 Å². The number of likely N-dealkylation sites (N-methyl/N-ethyl adjacent to an activating group) is 1. The number of benzene rings is 1. The molecule has 1 atom stereocenters. The van der Waals surface area contributed by atoms with Crippen molar-refractivity contribution < 1.29 is 9.53 Å². The van der Waals surface area contributed by atoms with Crippen molar-refractivity contribution in [3.8, 4) is 11.8 Å². The zero-order chi connectivity index (χ0) is 20.8. The molecule has 1 heterocycles. The van der Waals surface area contributed by atoms with Gasteiger partial charge >= 0.3 is 0 Å². The molecule has 4 rings (SSSR count). The Labute approximate surface area is 173 Å². The average molecular weight is 394 g/mol. The summed E-state index contributed by atoms with van der Waals surface area (Å²) in [5.41, 5.74) is 8.17. The number of ether oxygens (including phenoxy) is 1. The molecule has 1 aromatic rings. The number of hydrogen-bond donors (Lipinski definition) is 1. The van der Waals surface area contributed by atoms with E-state index in [2.05, 4.69) is 43.9 Å². The van der Waals surface area contributed by atoms with Crippen molar-refractivity contribution in [1.29, 1.82) is 0 Å². The SMILES string of the molecule is COC1CCC2(CC1)Cc1ccc(C#CCC(C)C)cc1[C@@]21N=C(N)N(C)C1=O. The van der Waals surface area contributed by atoms with Gasteiger partial charge in [0.1, 0.15) is 0 Å². The lowest BCUT2D eigenvalue weighted by Gasteiger charge is -2.45. The van der Waals surface area contributed by atoms with Gasteiger partial charge in [0, 0.05) is 31.6 Å². The molecule has 1 aliphatic heterocycles. The Morgan fingerprint density at radius 1 is 1.34 bits per heavy atom. The van der Waals surface area contributed by atoms with Gasteiger partial charge in [-0.1, -0.05) is 31.8 Å². The number of carbonyl (C=O) groups excluding carboxylic acids is 1. The third kappa shape index (κ3) is 2.97. The van der Waals surface area contributed by atoms with Crippen molar-refractivity contribution in [3.05, 3.63) is 34.9 Å². The van der Waals surface area contributed by atoms with Crippen LogP contribution in [-0.4, -0.2) is 37.0 Å². The lowest BCUT2D eigenvalue weighted by Crippen LogP contribution is -2.51. The molecule has 1 aromatic carbocycles. The van der Waals surface area contributed by atoms with E-state index in [9.17, 15) is 4.79 Å². The normalized spacial score (nSPS) is 30.7. The Balaban J connectivity index is 1.81. The van der Waals surface area contributed by atoms with E-state index < -0.39 is 5.54 Å². The Morgan fingerprint density at radius 2 is 2.07 bits per heavy atom. The molecule has 1 fully saturated rings. The van der Waals surface area contributed by atoms with Crippen molar-refractivity contribution in [2.75, 3.05) is 14.2 Å². The number of amides is 1. The van der Waals surface area contributed by atoms with Gasteiger partial charge in [0.15, 0.2) is 11.5 Å². The molecule has 29 heavy (non-hydrogen) atoms. The number of rotatable bonds is 2. The first-order valence-corrected chi connectivity index (χ1v) is 10.6. The third-order valence-electron chi connectivity index (χ3n) is 7.00. The Kier molecular flexibility index (Phi) is 4.94. The molecule has 1 amide bonds. The van der Waals surface area contributed by atoms with Crippen LogP contribution in [0.15, 0.2) is 23.2 Å². The summed E-state index contributed by atoms with van der Waals surface area (Å²) in [6.07, 6.45) is 5.68. The first kappa shape index (κ1) is 20.0. The summed E-state index contributed by atoms with van der Waals surface area (Å²) in [5, 5.41) is 0. The minimum atomic E-state index is -0.921. The van der Waals surface area contributed by atoms with E-state index in [1.807, 2.05) is 0 Å². The summed E-state index contributed by atoms with van der Waals surface area (Å²) >= 11 is 0. The topological polar surface area (TPSA) is 67.9 Å². The molecule has 2 N–H and O–H groups in total. The quantitative estimate of drug-likeness (QED) is 0.785. The van der Waals surface area contributed by atoms with E-state index >= 15 is 0 Å². The second-order valence-corrected chi connectivity index (χ2v) is 9.21. The molecule has 0 unspecified atom stereocenters. The maximum absolute atomic E-state index is 13.6. The fourth-order valence-corrected chi connectivity index (χ4v) is 5.36. The van der Waals surface area contributed by atoms with E-state index in [1.165, 1.54) is 10.5 Å². The summed E-state index contributed by atoms with van der Waals surface area (Å²) in [7, 11) is 3.50. The second kappa shape index (κ2) is 7.18. The maximum Gasteiger partial charge on any atom is 0.262 e. The average Bonchev–Trinajstić information content (AvgIpc) is 3.09. The zero-order valence-electron chi connectivity index (χ0n) is 17.9. The Morgan fingerprint density at radius 3 is 2.66 bits per heavy atom. The van der Waals surface area contributed by atoms with Crippen molar-refractivity contribution in [1.82, 2.24) is 4.90 Å². The van der Waals surface area contributed by atoms with E-state index in [0.717, 1.165) is 49.7 Å². The van der Waals surface area contributed by atoms with Crippen LogP contribution in [0.3, 0.4) is 0 Å². The van der Waals surface area contributed by atoms with Gasteiger partial charge in [-0.15, -0.1) is 0 Å². The standard InChI is InChI=1S/C24H31N3O2/c1-16(2)6-5-7-17-8-9-18-15-23(12-10-19(29-4)11-13-23)24(20(18)14-17)21(28)27(3)22(25)26-24/h8-9,14,16,19H,6,10-13,15H2,1-4H3,(H2,25,26)/t19?,23?,24-/m0/s1. The van der Waals surface area contributed by atoms with Gasteiger partial charge < -0.3 is 10.5 Å². The number of fused-ring (bicyclic) bond motifs is 3. The summed E-state index contributed by atoms with van der Waals surface area (Å²) in [4.78, 5) is 20.0. The van der Waals surface area contributed by atoms with E-state index in [4.69, 9.17) is 15.5 Å². The highest BCUT2D eigenvalue weighted by Gasteiger charge is 2.66. The van der Waals surface area contributed by atoms with Gasteiger partial charge in [0.25, 0.3) is 5.91 Å². The van der Waals surface area contributed by atoms with Gasteiger partial charge in [-0.2, -0.15) is 0 Å². The lowest BCUT2D eigenvalue weighted by molar-refractivity contribution is -0.137. The minimum Gasteiger partial charge on any atom is -0.381 e. The fraction of sp³-hybridized carbons (Fsp3) is 0.583. The fourth-order valence-electron chi connectivity index (χ4n) is 5.36. The largest absolute Gasteiger partial charge is 0.381 e.